The molecule has 0 aromatic rings. The van der Waals surface area contributed by atoms with Gasteiger partial charge in [0.2, 0.25) is 5.91 Å². The molecule has 1 atom stereocenters. The minimum absolute atomic E-state index is 0.166. The zero-order valence-corrected chi connectivity index (χ0v) is 5.71. The summed E-state index contributed by atoms with van der Waals surface area (Å²) in [4.78, 5) is 10.6. The van der Waals surface area contributed by atoms with E-state index in [4.69, 9.17) is 5.11 Å². The van der Waals surface area contributed by atoms with Crippen molar-refractivity contribution in [1.29, 1.82) is 0 Å². The molecule has 0 aliphatic carbocycles. The van der Waals surface area contributed by atoms with E-state index in [1.54, 1.807) is 0 Å². The minimum atomic E-state index is -0.420. The standard InChI is InChI=1S/C6H11N2O2/c9-4-6(10)8-5-1-2-7-3-5/h5,9H,1-4H2,(H,8,10)/t5-/m1/s1. The highest BCUT2D eigenvalue weighted by molar-refractivity contribution is 5.77. The molecule has 0 aromatic carbocycles. The van der Waals surface area contributed by atoms with Gasteiger partial charge in [-0.25, -0.2) is 5.32 Å². The van der Waals surface area contributed by atoms with Crippen LogP contribution < -0.4 is 10.6 Å². The molecule has 0 spiro atoms. The molecule has 1 rings (SSSR count). The molecule has 0 saturated carbocycles. The molecule has 0 aromatic heterocycles. The van der Waals surface area contributed by atoms with Crippen LogP contribution in [0.3, 0.4) is 0 Å². The molecule has 2 N–H and O–H groups in total. The summed E-state index contributed by atoms with van der Waals surface area (Å²) in [6.07, 6.45) is 0.908. The number of amides is 1. The lowest BCUT2D eigenvalue weighted by Crippen LogP contribution is -2.37. The third-order valence-electron chi connectivity index (χ3n) is 1.49. The second-order valence-electron chi connectivity index (χ2n) is 2.34. The van der Waals surface area contributed by atoms with Gasteiger partial charge >= 0.3 is 0 Å². The molecule has 1 fully saturated rings. The van der Waals surface area contributed by atoms with Crippen molar-refractivity contribution in [2.45, 2.75) is 12.5 Å². The monoisotopic (exact) mass is 143 g/mol. The molecule has 4 nitrogen and oxygen atoms in total. The van der Waals surface area contributed by atoms with Crippen LogP contribution >= 0.6 is 0 Å². The molecule has 0 unspecified atom stereocenters. The van der Waals surface area contributed by atoms with Gasteiger partial charge in [0.1, 0.15) is 6.61 Å². The number of rotatable bonds is 2. The van der Waals surface area contributed by atoms with Crippen LogP contribution in [-0.4, -0.2) is 36.8 Å². The zero-order chi connectivity index (χ0) is 7.40. The second kappa shape index (κ2) is 3.53. The highest BCUT2D eigenvalue weighted by atomic mass is 16.3. The van der Waals surface area contributed by atoms with Crippen molar-refractivity contribution < 1.29 is 9.90 Å². The van der Waals surface area contributed by atoms with E-state index in [0.717, 1.165) is 13.0 Å². The first-order chi connectivity index (χ1) is 4.83. The first-order valence-electron chi connectivity index (χ1n) is 3.36. The number of hydrogen-bond acceptors (Lipinski definition) is 2. The number of nitrogens with zero attached hydrogens (tertiary/aromatic N) is 1. The van der Waals surface area contributed by atoms with Crippen LogP contribution in [0.15, 0.2) is 0 Å². The third-order valence-corrected chi connectivity index (χ3v) is 1.49. The highest BCUT2D eigenvalue weighted by Crippen LogP contribution is 1.97. The molecule has 57 valence electrons. The number of carbonyl (C=O) groups is 1. The second-order valence-corrected chi connectivity index (χ2v) is 2.34. The number of aliphatic hydroxyl groups is 1. The molecule has 1 saturated heterocycles. The van der Waals surface area contributed by atoms with Crippen LogP contribution in [0.4, 0.5) is 0 Å². The van der Waals surface area contributed by atoms with Crippen LogP contribution in [0.5, 0.6) is 0 Å². The smallest absolute Gasteiger partial charge is 0.245 e. The van der Waals surface area contributed by atoms with E-state index in [1.165, 1.54) is 0 Å². The summed E-state index contributed by atoms with van der Waals surface area (Å²) in [5.41, 5.74) is 0. The van der Waals surface area contributed by atoms with Gasteiger partial charge in [-0.05, 0) is 6.42 Å². The fourth-order valence-electron chi connectivity index (χ4n) is 0.977. The van der Waals surface area contributed by atoms with Crippen molar-refractivity contribution in [3.63, 3.8) is 0 Å². The maximum Gasteiger partial charge on any atom is 0.245 e. The van der Waals surface area contributed by atoms with Gasteiger partial charge in [-0.15, -0.1) is 0 Å². The van der Waals surface area contributed by atoms with Gasteiger partial charge in [0, 0.05) is 19.1 Å². The first-order valence-corrected chi connectivity index (χ1v) is 3.36. The van der Waals surface area contributed by atoms with E-state index in [2.05, 4.69) is 10.6 Å². The summed E-state index contributed by atoms with van der Waals surface area (Å²) in [7, 11) is 0. The van der Waals surface area contributed by atoms with Crippen molar-refractivity contribution in [3.8, 4) is 0 Å². The highest BCUT2D eigenvalue weighted by Gasteiger charge is 2.16. The fourth-order valence-corrected chi connectivity index (χ4v) is 0.977. The topological polar surface area (TPSA) is 63.4 Å². The Hall–Kier alpha value is -0.610. The van der Waals surface area contributed by atoms with Crippen LogP contribution in [0.2, 0.25) is 0 Å². The van der Waals surface area contributed by atoms with Gasteiger partial charge in [0.25, 0.3) is 0 Å². The van der Waals surface area contributed by atoms with E-state index in [0.29, 0.717) is 6.54 Å². The first kappa shape index (κ1) is 7.50. The Balaban J connectivity index is 2.17. The van der Waals surface area contributed by atoms with E-state index in [-0.39, 0.29) is 11.9 Å². The Labute approximate surface area is 59.6 Å². The van der Waals surface area contributed by atoms with Crippen LogP contribution in [0.25, 0.3) is 0 Å². The lowest BCUT2D eigenvalue weighted by atomic mass is 10.2. The van der Waals surface area contributed by atoms with Crippen molar-refractivity contribution in [2.75, 3.05) is 19.7 Å². The van der Waals surface area contributed by atoms with Gasteiger partial charge in [-0.3, -0.25) is 4.79 Å². The van der Waals surface area contributed by atoms with Crippen LogP contribution in [0, 0.1) is 0 Å². The fraction of sp³-hybridized carbons (Fsp3) is 0.833. The SMILES string of the molecule is O=C(CO)N[C@@H]1CC[N]C1. The van der Waals surface area contributed by atoms with E-state index < -0.39 is 6.61 Å². The number of hydrogen-bond donors (Lipinski definition) is 2. The average molecular weight is 143 g/mol. The minimum Gasteiger partial charge on any atom is -0.387 e. The van der Waals surface area contributed by atoms with Crippen molar-refractivity contribution in [2.24, 2.45) is 0 Å². The summed E-state index contributed by atoms with van der Waals surface area (Å²) in [6, 6.07) is 0.166. The summed E-state index contributed by atoms with van der Waals surface area (Å²) in [5.74, 6) is -0.304. The van der Waals surface area contributed by atoms with Crippen LogP contribution in [0.1, 0.15) is 6.42 Å². The van der Waals surface area contributed by atoms with Crippen molar-refractivity contribution in [1.82, 2.24) is 10.6 Å². The Morgan fingerprint density at radius 3 is 3.10 bits per heavy atom. The van der Waals surface area contributed by atoms with Crippen molar-refractivity contribution >= 4 is 5.91 Å². The summed E-state index contributed by atoms with van der Waals surface area (Å²) in [5, 5.41) is 15.1. The molecule has 0 bridgehead atoms. The molecule has 1 radical (unpaired) electrons. The van der Waals surface area contributed by atoms with Crippen molar-refractivity contribution in [3.05, 3.63) is 0 Å². The summed E-state index contributed by atoms with van der Waals surface area (Å²) >= 11 is 0. The summed E-state index contributed by atoms with van der Waals surface area (Å²) in [6.45, 7) is 1.11. The number of nitrogens with one attached hydrogen (secondary N) is 1. The maximum absolute atomic E-state index is 10.6. The quantitative estimate of drug-likeness (QED) is 0.492. The molecule has 10 heavy (non-hydrogen) atoms. The van der Waals surface area contributed by atoms with E-state index in [1.807, 2.05) is 0 Å². The van der Waals surface area contributed by atoms with E-state index in [9.17, 15) is 4.79 Å². The average Bonchev–Trinajstić information content (AvgIpc) is 2.40. The summed E-state index contributed by atoms with van der Waals surface area (Å²) < 4.78 is 0. The predicted octanol–water partition coefficient (Wildman–Crippen LogP) is -1.53. The Bertz CT molecular complexity index is 121. The zero-order valence-electron chi connectivity index (χ0n) is 5.71. The van der Waals surface area contributed by atoms with Gasteiger partial charge < -0.3 is 10.4 Å². The maximum atomic E-state index is 10.6. The lowest BCUT2D eigenvalue weighted by Gasteiger charge is -2.08. The van der Waals surface area contributed by atoms with Gasteiger partial charge in [0.15, 0.2) is 0 Å². The van der Waals surface area contributed by atoms with Gasteiger partial charge in [-0.1, -0.05) is 0 Å². The third kappa shape index (κ3) is 1.97. The molecule has 4 heteroatoms. The number of carbonyl (C=O) groups excluding carboxylic acids is 1. The van der Waals surface area contributed by atoms with Crippen LogP contribution in [-0.2, 0) is 4.79 Å². The Morgan fingerprint density at radius 2 is 2.60 bits per heavy atom. The Morgan fingerprint density at radius 1 is 1.80 bits per heavy atom. The largest absolute Gasteiger partial charge is 0.387 e. The van der Waals surface area contributed by atoms with Gasteiger partial charge in [-0.2, -0.15) is 0 Å². The van der Waals surface area contributed by atoms with Gasteiger partial charge in [0.05, 0.1) is 0 Å². The van der Waals surface area contributed by atoms with E-state index >= 15 is 0 Å². The normalized spacial score (nSPS) is 24.7. The molecular formula is C6H11N2O2. The molecule has 1 amide bonds. The Kier molecular flexibility index (Phi) is 2.65. The number of aliphatic hydroxyl groups excluding tert-OH is 1. The lowest BCUT2D eigenvalue weighted by molar-refractivity contribution is -0.124. The predicted molar refractivity (Wildman–Crippen MR) is 35.5 cm³/mol. The molecule has 1 aliphatic rings. The molecule has 1 heterocycles. The molecule has 1 aliphatic heterocycles. The molecular weight excluding hydrogens is 132 g/mol.